The number of hydrogen-bond acceptors (Lipinski definition) is 0. The number of hydrogen-bond donors (Lipinski definition) is 0. The largest absolute Gasteiger partial charge is 0.212 e. The van der Waals surface area contributed by atoms with Crippen molar-refractivity contribution in [2.24, 2.45) is 13.0 Å². The first-order valence-corrected chi connectivity index (χ1v) is 10.2. The molecule has 3 rings (SSSR count). The number of rotatable bonds is 3. The molecule has 1 aliphatic rings. The van der Waals surface area contributed by atoms with Crippen LogP contribution in [-0.2, 0) is 24.3 Å². The van der Waals surface area contributed by atoms with Gasteiger partial charge in [-0.15, -0.1) is 0 Å². The van der Waals surface area contributed by atoms with Gasteiger partial charge in [-0.2, -0.15) is 0 Å². The van der Waals surface area contributed by atoms with Crippen molar-refractivity contribution in [2.45, 2.75) is 78.6 Å². The molecule has 1 aromatic heterocycles. The summed E-state index contributed by atoms with van der Waals surface area (Å²) in [6.45, 7) is 16.5. The van der Waals surface area contributed by atoms with Crippen molar-refractivity contribution in [3.63, 3.8) is 0 Å². The molecular formula is C25H36N+. The van der Waals surface area contributed by atoms with Gasteiger partial charge in [0.25, 0.3) is 0 Å². The Balaban J connectivity index is 2.13. The molecule has 0 bridgehead atoms. The summed E-state index contributed by atoms with van der Waals surface area (Å²) in [5.74, 6) is 0.689. The summed E-state index contributed by atoms with van der Waals surface area (Å²) in [5.41, 5.74) is 9.13. The highest BCUT2D eigenvalue weighted by atomic mass is 14.9. The highest BCUT2D eigenvalue weighted by Gasteiger charge is 2.37. The highest BCUT2D eigenvalue weighted by Crippen LogP contribution is 2.47. The summed E-state index contributed by atoms with van der Waals surface area (Å²) in [5, 5.41) is 0. The van der Waals surface area contributed by atoms with E-state index in [-0.39, 0.29) is 10.8 Å². The van der Waals surface area contributed by atoms with Crippen LogP contribution in [0.5, 0.6) is 0 Å². The fourth-order valence-corrected chi connectivity index (χ4v) is 4.53. The monoisotopic (exact) mass is 350 g/mol. The number of aromatic nitrogens is 1. The molecule has 0 N–H and O–H groups in total. The molecule has 0 radical (unpaired) electrons. The zero-order valence-corrected chi connectivity index (χ0v) is 18.0. The standard InChI is InChI=1S/C25H36N/c1-17(2)13-19-9-10-23(26(8)16-19)20-15-22-21(14-18(20)3)24(4,5)11-12-25(22,6)7/h9-10,14-17H,11-13H2,1-8H3/q+1. The van der Waals surface area contributed by atoms with Crippen LogP contribution in [0.15, 0.2) is 30.5 Å². The third-order valence-electron chi connectivity index (χ3n) is 6.31. The lowest BCUT2D eigenvalue weighted by atomic mass is 9.62. The van der Waals surface area contributed by atoms with Crippen LogP contribution in [0.1, 0.15) is 76.6 Å². The minimum atomic E-state index is 0.253. The van der Waals surface area contributed by atoms with Crippen molar-refractivity contribution in [2.75, 3.05) is 0 Å². The van der Waals surface area contributed by atoms with Crippen molar-refractivity contribution < 1.29 is 4.57 Å². The van der Waals surface area contributed by atoms with Crippen LogP contribution < -0.4 is 4.57 Å². The summed E-state index contributed by atoms with van der Waals surface area (Å²) in [6.07, 6.45) is 5.97. The molecule has 1 aliphatic carbocycles. The van der Waals surface area contributed by atoms with Crippen LogP contribution in [0.3, 0.4) is 0 Å². The summed E-state index contributed by atoms with van der Waals surface area (Å²) in [4.78, 5) is 0. The van der Waals surface area contributed by atoms with Gasteiger partial charge in [-0.25, -0.2) is 4.57 Å². The molecule has 1 aromatic carbocycles. The Morgan fingerprint density at radius 3 is 2.08 bits per heavy atom. The number of benzene rings is 1. The van der Waals surface area contributed by atoms with Gasteiger partial charge in [0.1, 0.15) is 7.05 Å². The Morgan fingerprint density at radius 1 is 0.962 bits per heavy atom. The Hall–Kier alpha value is -1.63. The summed E-state index contributed by atoms with van der Waals surface area (Å²) < 4.78 is 2.31. The van der Waals surface area contributed by atoms with Crippen LogP contribution in [0, 0.1) is 12.8 Å². The van der Waals surface area contributed by atoms with Gasteiger partial charge >= 0.3 is 0 Å². The molecule has 0 amide bonds. The lowest BCUT2D eigenvalue weighted by molar-refractivity contribution is -0.660. The Bertz CT molecular complexity index is 824. The summed E-state index contributed by atoms with van der Waals surface area (Å²) in [6, 6.07) is 9.58. The average Bonchev–Trinajstić information content (AvgIpc) is 2.52. The number of nitrogens with zero attached hydrogens (tertiary/aromatic N) is 1. The van der Waals surface area contributed by atoms with Gasteiger partial charge in [0.05, 0.1) is 0 Å². The van der Waals surface area contributed by atoms with Gasteiger partial charge in [0.2, 0.25) is 5.69 Å². The van der Waals surface area contributed by atoms with E-state index in [9.17, 15) is 0 Å². The first-order valence-electron chi connectivity index (χ1n) is 10.2. The van der Waals surface area contributed by atoms with Crippen molar-refractivity contribution in [1.82, 2.24) is 0 Å². The van der Waals surface area contributed by atoms with Crippen LogP contribution in [0.25, 0.3) is 11.3 Å². The van der Waals surface area contributed by atoms with Crippen molar-refractivity contribution in [3.05, 3.63) is 52.7 Å². The lowest BCUT2D eigenvalue weighted by Crippen LogP contribution is -2.35. The van der Waals surface area contributed by atoms with Crippen LogP contribution in [-0.4, -0.2) is 0 Å². The van der Waals surface area contributed by atoms with E-state index in [1.807, 2.05) is 0 Å². The summed E-state index contributed by atoms with van der Waals surface area (Å²) >= 11 is 0. The SMILES string of the molecule is Cc1cc2c(cc1-c1ccc(CC(C)C)c[n+]1C)C(C)(C)CCC2(C)C. The fourth-order valence-electron chi connectivity index (χ4n) is 4.53. The van der Waals surface area contributed by atoms with E-state index in [0.29, 0.717) is 5.92 Å². The van der Waals surface area contributed by atoms with E-state index in [1.165, 1.54) is 35.2 Å². The van der Waals surface area contributed by atoms with Gasteiger partial charge in [-0.3, -0.25) is 0 Å². The molecule has 1 heteroatoms. The Kier molecular flexibility index (Phi) is 4.80. The van der Waals surface area contributed by atoms with E-state index in [1.54, 1.807) is 11.1 Å². The minimum absolute atomic E-state index is 0.253. The zero-order chi connectivity index (χ0) is 19.3. The van der Waals surface area contributed by atoms with Crippen molar-refractivity contribution in [1.29, 1.82) is 0 Å². The van der Waals surface area contributed by atoms with Gasteiger partial charge in [-0.1, -0.05) is 47.6 Å². The highest BCUT2D eigenvalue weighted by molar-refractivity contribution is 5.65. The van der Waals surface area contributed by atoms with E-state index in [4.69, 9.17) is 0 Å². The first kappa shape index (κ1) is 19.1. The molecule has 0 fully saturated rings. The third kappa shape index (κ3) is 3.46. The molecule has 140 valence electrons. The van der Waals surface area contributed by atoms with Crippen molar-refractivity contribution >= 4 is 0 Å². The van der Waals surface area contributed by atoms with Gasteiger partial charge in [0.15, 0.2) is 6.20 Å². The number of aryl methyl sites for hydroxylation is 2. The Morgan fingerprint density at radius 2 is 1.54 bits per heavy atom. The molecule has 0 unspecified atom stereocenters. The predicted octanol–water partition coefficient (Wildman–Crippen LogP) is 6.03. The van der Waals surface area contributed by atoms with Crippen LogP contribution in [0.4, 0.5) is 0 Å². The quantitative estimate of drug-likeness (QED) is 0.595. The molecule has 0 saturated heterocycles. The molecule has 1 heterocycles. The van der Waals surface area contributed by atoms with E-state index >= 15 is 0 Å². The second-order valence-corrected chi connectivity index (χ2v) is 10.1. The molecule has 1 nitrogen and oxygen atoms in total. The maximum Gasteiger partial charge on any atom is 0.212 e. The molecule has 2 aromatic rings. The molecule has 26 heavy (non-hydrogen) atoms. The molecule has 0 atom stereocenters. The fraction of sp³-hybridized carbons (Fsp3) is 0.560. The molecular weight excluding hydrogens is 314 g/mol. The second-order valence-electron chi connectivity index (χ2n) is 10.1. The number of fused-ring (bicyclic) bond motifs is 1. The molecule has 0 spiro atoms. The third-order valence-corrected chi connectivity index (χ3v) is 6.31. The van der Waals surface area contributed by atoms with Crippen LogP contribution in [0.2, 0.25) is 0 Å². The van der Waals surface area contributed by atoms with E-state index in [0.717, 1.165) is 6.42 Å². The van der Waals surface area contributed by atoms with Gasteiger partial charge in [0, 0.05) is 17.2 Å². The minimum Gasteiger partial charge on any atom is -0.201 e. The molecule has 0 aliphatic heterocycles. The lowest BCUT2D eigenvalue weighted by Gasteiger charge is -2.42. The summed E-state index contributed by atoms with van der Waals surface area (Å²) in [7, 11) is 2.19. The second kappa shape index (κ2) is 6.51. The topological polar surface area (TPSA) is 3.88 Å². The van der Waals surface area contributed by atoms with Gasteiger partial charge < -0.3 is 0 Å². The smallest absolute Gasteiger partial charge is 0.201 e. The van der Waals surface area contributed by atoms with Crippen LogP contribution >= 0.6 is 0 Å². The predicted molar refractivity (Wildman–Crippen MR) is 112 cm³/mol. The Labute approximate surface area is 160 Å². The zero-order valence-electron chi connectivity index (χ0n) is 18.0. The number of pyridine rings is 1. The maximum absolute atomic E-state index is 2.49. The van der Waals surface area contributed by atoms with E-state index < -0.39 is 0 Å². The maximum atomic E-state index is 2.49. The first-order chi connectivity index (χ1) is 12.0. The van der Waals surface area contributed by atoms with Crippen molar-refractivity contribution in [3.8, 4) is 11.3 Å². The molecule has 0 saturated carbocycles. The van der Waals surface area contributed by atoms with Gasteiger partial charge in [-0.05, 0) is 71.8 Å². The average molecular weight is 351 g/mol. The van der Waals surface area contributed by atoms with E-state index in [2.05, 4.69) is 90.5 Å². The normalized spacial score (nSPS) is 18.0.